The standard InChI is InChI=1S/C28H28F7NO3S/c1-25(30,28(33,34)35)17-3-9-22-16(14-17)2-8-23-21(24(37)36-19-10-12-26(31,32)15-19)11-13-27(22,23)40(38,39)20-6-4-18(29)5-7-20/h3-7,9,14,19,21,23H,2,8,10-13,15H2,1H3,(H,36,37)/t19?,21-,23+,25?,27-/m1/s1. The van der Waals surface area contributed by atoms with E-state index in [0.717, 1.165) is 36.4 Å². The van der Waals surface area contributed by atoms with Crippen molar-refractivity contribution in [2.45, 2.75) is 85.3 Å². The fourth-order valence-electron chi connectivity index (χ4n) is 6.83. The quantitative estimate of drug-likeness (QED) is 0.318. The third kappa shape index (κ3) is 4.50. The average molecular weight is 592 g/mol. The number of benzene rings is 2. The van der Waals surface area contributed by atoms with Crippen molar-refractivity contribution in [1.82, 2.24) is 5.32 Å². The molecule has 5 atom stereocenters. The monoisotopic (exact) mass is 591 g/mol. The van der Waals surface area contributed by atoms with Crippen molar-refractivity contribution >= 4 is 15.7 Å². The van der Waals surface area contributed by atoms with Crippen LogP contribution in [-0.2, 0) is 31.5 Å². The predicted octanol–water partition coefficient (Wildman–Crippen LogP) is 6.52. The molecule has 2 aromatic rings. The number of aryl methyl sites for hydroxylation is 1. The van der Waals surface area contributed by atoms with Crippen LogP contribution in [0.25, 0.3) is 0 Å². The molecule has 218 valence electrons. The van der Waals surface area contributed by atoms with Gasteiger partial charge in [-0.15, -0.1) is 0 Å². The first kappa shape index (κ1) is 28.9. The lowest BCUT2D eigenvalue weighted by Gasteiger charge is -2.42. The summed E-state index contributed by atoms with van der Waals surface area (Å²) in [4.78, 5) is 13.1. The third-order valence-corrected chi connectivity index (χ3v) is 11.5. The topological polar surface area (TPSA) is 63.2 Å². The summed E-state index contributed by atoms with van der Waals surface area (Å²) in [5.41, 5.74) is -3.94. The maximum atomic E-state index is 14.8. The van der Waals surface area contributed by atoms with E-state index in [1.807, 2.05) is 0 Å². The van der Waals surface area contributed by atoms with Gasteiger partial charge in [-0.1, -0.05) is 18.2 Å². The predicted molar refractivity (Wildman–Crippen MR) is 131 cm³/mol. The van der Waals surface area contributed by atoms with E-state index in [0.29, 0.717) is 6.92 Å². The van der Waals surface area contributed by atoms with Crippen LogP contribution in [0.15, 0.2) is 47.4 Å². The zero-order valence-electron chi connectivity index (χ0n) is 21.5. The van der Waals surface area contributed by atoms with E-state index in [1.165, 1.54) is 6.07 Å². The Kier molecular flexibility index (Phi) is 6.83. The van der Waals surface area contributed by atoms with Gasteiger partial charge in [0, 0.05) is 24.8 Å². The Bertz CT molecular complexity index is 1420. The summed E-state index contributed by atoms with van der Waals surface area (Å²) < 4.78 is 123. The van der Waals surface area contributed by atoms with Gasteiger partial charge in [0.25, 0.3) is 0 Å². The molecule has 4 nitrogen and oxygen atoms in total. The van der Waals surface area contributed by atoms with Crippen LogP contribution in [0, 0.1) is 17.7 Å². The Balaban J connectivity index is 1.59. The minimum atomic E-state index is -5.20. The molecule has 2 aromatic carbocycles. The van der Waals surface area contributed by atoms with Crippen molar-refractivity contribution in [3.05, 3.63) is 65.0 Å². The number of hydrogen-bond donors (Lipinski definition) is 1. The third-order valence-electron chi connectivity index (χ3n) is 8.96. The molecule has 1 N–H and O–H groups in total. The summed E-state index contributed by atoms with van der Waals surface area (Å²) in [7, 11) is -4.36. The molecule has 0 aliphatic heterocycles. The van der Waals surface area contributed by atoms with E-state index >= 15 is 0 Å². The number of nitrogens with one attached hydrogen (secondary N) is 1. The van der Waals surface area contributed by atoms with Crippen LogP contribution in [0.1, 0.15) is 62.1 Å². The van der Waals surface area contributed by atoms with Gasteiger partial charge >= 0.3 is 6.18 Å². The molecule has 40 heavy (non-hydrogen) atoms. The summed E-state index contributed by atoms with van der Waals surface area (Å²) in [6, 6.07) is 6.53. The number of hydrogen-bond acceptors (Lipinski definition) is 3. The van der Waals surface area contributed by atoms with Crippen LogP contribution in [-0.4, -0.2) is 32.5 Å². The van der Waals surface area contributed by atoms with Gasteiger partial charge in [0.05, 0.1) is 4.90 Å². The van der Waals surface area contributed by atoms with Crippen molar-refractivity contribution in [1.29, 1.82) is 0 Å². The summed E-state index contributed by atoms with van der Waals surface area (Å²) in [5.74, 6) is -5.81. The second-order valence-corrected chi connectivity index (χ2v) is 13.5. The zero-order valence-corrected chi connectivity index (χ0v) is 22.3. The molecule has 0 aromatic heterocycles. The molecule has 0 heterocycles. The van der Waals surface area contributed by atoms with Gasteiger partial charge in [0.1, 0.15) is 10.6 Å². The molecule has 0 spiro atoms. The minimum absolute atomic E-state index is 0.0746. The zero-order chi connectivity index (χ0) is 29.3. The van der Waals surface area contributed by atoms with Crippen molar-refractivity contribution in [2.24, 2.45) is 11.8 Å². The van der Waals surface area contributed by atoms with Crippen LogP contribution in [0.3, 0.4) is 0 Å². The first-order valence-electron chi connectivity index (χ1n) is 13.1. The highest BCUT2D eigenvalue weighted by Gasteiger charge is 2.62. The summed E-state index contributed by atoms with van der Waals surface area (Å²) >= 11 is 0. The molecule has 12 heteroatoms. The molecular weight excluding hydrogens is 563 g/mol. The number of alkyl halides is 6. The summed E-state index contributed by atoms with van der Waals surface area (Å²) in [5, 5.41) is 2.66. The molecule has 3 aliphatic carbocycles. The van der Waals surface area contributed by atoms with E-state index in [2.05, 4.69) is 5.32 Å². The van der Waals surface area contributed by atoms with Crippen LogP contribution in [0.4, 0.5) is 30.7 Å². The number of carbonyl (C=O) groups excluding carboxylic acids is 1. The van der Waals surface area contributed by atoms with Gasteiger partial charge in [-0.2, -0.15) is 13.2 Å². The number of sulfone groups is 1. The molecule has 5 rings (SSSR count). The number of carbonyl (C=O) groups is 1. The van der Waals surface area contributed by atoms with Crippen molar-refractivity contribution in [3.8, 4) is 0 Å². The fraction of sp³-hybridized carbons (Fsp3) is 0.536. The molecule has 2 unspecified atom stereocenters. The normalized spacial score (nSPS) is 29.4. The molecule has 1 amide bonds. The Labute approximate surface area is 227 Å². The largest absolute Gasteiger partial charge is 0.426 e. The second kappa shape index (κ2) is 9.46. The fourth-order valence-corrected chi connectivity index (χ4v) is 9.30. The van der Waals surface area contributed by atoms with Gasteiger partial charge in [0.15, 0.2) is 9.84 Å². The van der Waals surface area contributed by atoms with Crippen molar-refractivity contribution in [3.63, 3.8) is 0 Å². The minimum Gasteiger partial charge on any atom is -0.353 e. The lowest BCUT2D eigenvalue weighted by Crippen LogP contribution is -2.48. The Morgan fingerprint density at radius 3 is 2.25 bits per heavy atom. The molecule has 2 fully saturated rings. The van der Waals surface area contributed by atoms with E-state index in [9.17, 15) is 43.9 Å². The van der Waals surface area contributed by atoms with Crippen molar-refractivity contribution in [2.75, 3.05) is 0 Å². The van der Waals surface area contributed by atoms with Gasteiger partial charge in [-0.3, -0.25) is 4.79 Å². The number of fused-ring (bicyclic) bond motifs is 3. The van der Waals surface area contributed by atoms with Gasteiger partial charge < -0.3 is 5.32 Å². The highest BCUT2D eigenvalue weighted by atomic mass is 32.2. The maximum Gasteiger partial charge on any atom is 0.426 e. The second-order valence-electron chi connectivity index (χ2n) is 11.3. The Morgan fingerprint density at radius 1 is 0.975 bits per heavy atom. The number of amides is 1. The first-order chi connectivity index (χ1) is 18.5. The van der Waals surface area contributed by atoms with Gasteiger partial charge in [-0.25, -0.2) is 26.0 Å². The van der Waals surface area contributed by atoms with Crippen LogP contribution >= 0.6 is 0 Å². The average Bonchev–Trinajstić information content (AvgIpc) is 3.44. The van der Waals surface area contributed by atoms with Crippen LogP contribution < -0.4 is 5.32 Å². The highest BCUT2D eigenvalue weighted by Crippen LogP contribution is 2.59. The molecule has 3 aliphatic rings. The summed E-state index contributed by atoms with van der Waals surface area (Å²) in [6.45, 7) is 0.397. The van der Waals surface area contributed by atoms with Gasteiger partial charge in [-0.05, 0) is 85.9 Å². The SMILES string of the molecule is CC(F)(c1ccc2c(c1)CC[C@H]1[C@H](C(=O)NC3CCC(F)(F)C3)CC[C@@]21S(=O)(=O)c1ccc(F)cc1)C(F)(F)F. The van der Waals surface area contributed by atoms with Crippen LogP contribution in [0.5, 0.6) is 0 Å². The number of halogens is 7. The lowest BCUT2D eigenvalue weighted by molar-refractivity contribution is -0.228. The molecule has 0 bridgehead atoms. The molecule has 0 saturated heterocycles. The smallest absolute Gasteiger partial charge is 0.353 e. The van der Waals surface area contributed by atoms with Crippen LogP contribution in [0.2, 0.25) is 0 Å². The Hall–Kier alpha value is -2.63. The molecule has 2 saturated carbocycles. The highest BCUT2D eigenvalue weighted by molar-refractivity contribution is 7.92. The van der Waals surface area contributed by atoms with Crippen molar-refractivity contribution < 1.29 is 43.9 Å². The Morgan fingerprint density at radius 2 is 1.65 bits per heavy atom. The lowest BCUT2D eigenvalue weighted by atomic mass is 9.72. The van der Waals surface area contributed by atoms with E-state index in [-0.39, 0.29) is 54.5 Å². The van der Waals surface area contributed by atoms with E-state index in [4.69, 9.17) is 0 Å². The van der Waals surface area contributed by atoms with Gasteiger partial charge in [0.2, 0.25) is 17.5 Å². The number of rotatable bonds is 5. The first-order valence-corrected chi connectivity index (χ1v) is 14.6. The summed E-state index contributed by atoms with van der Waals surface area (Å²) in [6.07, 6.45) is -5.80. The molecule has 0 radical (unpaired) electrons. The van der Waals surface area contributed by atoms with E-state index < -0.39 is 73.9 Å². The molecular formula is C28H28F7NO3S. The van der Waals surface area contributed by atoms with E-state index in [1.54, 1.807) is 0 Å². The maximum absolute atomic E-state index is 14.8.